The van der Waals surface area contributed by atoms with Crippen LogP contribution in [0.25, 0.3) is 22.2 Å². The third-order valence-corrected chi connectivity index (χ3v) is 7.20. The maximum Gasteiger partial charge on any atom is 0.345 e. The van der Waals surface area contributed by atoms with Gasteiger partial charge in [0.2, 0.25) is 4.80 Å². The molecule has 1 saturated carbocycles. The van der Waals surface area contributed by atoms with Crippen LogP contribution in [0.4, 0.5) is 4.39 Å². The highest BCUT2D eigenvalue weighted by Crippen LogP contribution is 2.32. The molecule has 33 heavy (non-hydrogen) atoms. The number of hydrogen-bond acceptors (Lipinski definition) is 5. The van der Waals surface area contributed by atoms with E-state index in [0.29, 0.717) is 11.1 Å². The van der Waals surface area contributed by atoms with Gasteiger partial charge in [0.15, 0.2) is 0 Å². The zero-order valence-electron chi connectivity index (χ0n) is 17.7. The van der Waals surface area contributed by atoms with Gasteiger partial charge in [0.1, 0.15) is 11.4 Å². The number of halogens is 2. The standard InChI is InChI=1S/C25H21BrFN3O2S/c26-18-8-11-23-17(12-18)13-21(24(31)32-23)22-15-33-25(30(22)20-4-2-1-3-5-20)29-28-14-16-6-9-19(27)10-7-16/h6-15,20H,1-5H2/b28-14+,29-25-. The Kier molecular flexibility index (Phi) is 6.37. The molecule has 0 radical (unpaired) electrons. The zero-order chi connectivity index (χ0) is 22.8. The Labute approximate surface area is 202 Å². The first-order valence-corrected chi connectivity index (χ1v) is 12.5. The topological polar surface area (TPSA) is 59.9 Å². The average molecular weight is 526 g/mol. The van der Waals surface area contributed by atoms with Crippen molar-refractivity contribution in [2.75, 3.05) is 0 Å². The van der Waals surface area contributed by atoms with Gasteiger partial charge in [0, 0.05) is 21.3 Å². The Morgan fingerprint density at radius 1 is 1.09 bits per heavy atom. The van der Waals surface area contributed by atoms with Crippen molar-refractivity contribution in [1.29, 1.82) is 0 Å². The quantitative estimate of drug-likeness (QED) is 0.170. The van der Waals surface area contributed by atoms with Crippen molar-refractivity contribution in [3.05, 3.63) is 85.0 Å². The van der Waals surface area contributed by atoms with Crippen molar-refractivity contribution in [2.24, 2.45) is 10.2 Å². The van der Waals surface area contributed by atoms with E-state index in [2.05, 4.69) is 30.7 Å². The lowest BCUT2D eigenvalue weighted by molar-refractivity contribution is 0.350. The van der Waals surface area contributed by atoms with Gasteiger partial charge in [-0.05, 0) is 54.8 Å². The summed E-state index contributed by atoms with van der Waals surface area (Å²) >= 11 is 4.94. The third-order valence-electron chi connectivity index (χ3n) is 5.87. The Hall–Kier alpha value is -2.84. The molecule has 2 aromatic carbocycles. The van der Waals surface area contributed by atoms with E-state index in [1.54, 1.807) is 24.4 Å². The minimum absolute atomic E-state index is 0.248. The van der Waals surface area contributed by atoms with Gasteiger partial charge >= 0.3 is 5.63 Å². The Morgan fingerprint density at radius 3 is 2.67 bits per heavy atom. The van der Waals surface area contributed by atoms with Crippen molar-refractivity contribution in [3.8, 4) is 11.3 Å². The predicted molar refractivity (Wildman–Crippen MR) is 133 cm³/mol. The number of thiazole rings is 1. The van der Waals surface area contributed by atoms with E-state index in [9.17, 15) is 9.18 Å². The van der Waals surface area contributed by atoms with Crippen molar-refractivity contribution in [1.82, 2.24) is 4.57 Å². The van der Waals surface area contributed by atoms with Gasteiger partial charge < -0.3 is 8.98 Å². The van der Waals surface area contributed by atoms with E-state index in [4.69, 9.17) is 4.42 Å². The van der Waals surface area contributed by atoms with Crippen LogP contribution in [0.3, 0.4) is 0 Å². The smallest absolute Gasteiger partial charge is 0.345 e. The van der Waals surface area contributed by atoms with Gasteiger partial charge in [-0.15, -0.1) is 16.4 Å². The molecule has 5 rings (SSSR count). The molecule has 8 heteroatoms. The van der Waals surface area contributed by atoms with Crippen LogP contribution in [0, 0.1) is 5.82 Å². The number of nitrogens with zero attached hydrogens (tertiary/aromatic N) is 3. The summed E-state index contributed by atoms with van der Waals surface area (Å²) in [7, 11) is 0. The van der Waals surface area contributed by atoms with Gasteiger partial charge in [-0.1, -0.05) is 47.3 Å². The first-order chi connectivity index (χ1) is 16.1. The second-order valence-electron chi connectivity index (χ2n) is 8.09. The molecule has 0 aliphatic heterocycles. The summed E-state index contributed by atoms with van der Waals surface area (Å²) in [4.78, 5) is 13.6. The van der Waals surface area contributed by atoms with Crippen LogP contribution >= 0.6 is 27.3 Å². The highest BCUT2D eigenvalue weighted by Gasteiger charge is 2.22. The molecule has 2 aromatic heterocycles. The normalized spacial score (nSPS) is 15.6. The molecule has 0 unspecified atom stereocenters. The molecule has 0 amide bonds. The number of aromatic nitrogens is 1. The zero-order valence-corrected chi connectivity index (χ0v) is 20.1. The molecule has 1 aliphatic carbocycles. The van der Waals surface area contributed by atoms with E-state index < -0.39 is 0 Å². The molecule has 168 valence electrons. The van der Waals surface area contributed by atoms with Gasteiger partial charge in [0.05, 0.1) is 17.5 Å². The van der Waals surface area contributed by atoms with Gasteiger partial charge in [0.25, 0.3) is 0 Å². The number of rotatable bonds is 4. The number of hydrogen-bond donors (Lipinski definition) is 0. The van der Waals surface area contributed by atoms with Crippen LogP contribution in [0.15, 0.2) is 77.8 Å². The van der Waals surface area contributed by atoms with Crippen LogP contribution in [-0.4, -0.2) is 10.8 Å². The van der Waals surface area contributed by atoms with Gasteiger partial charge in [-0.2, -0.15) is 5.10 Å². The molecule has 2 heterocycles. The van der Waals surface area contributed by atoms with E-state index in [-0.39, 0.29) is 17.5 Å². The summed E-state index contributed by atoms with van der Waals surface area (Å²) in [5.74, 6) is -0.289. The van der Waals surface area contributed by atoms with Gasteiger partial charge in [-0.3, -0.25) is 0 Å². The van der Waals surface area contributed by atoms with Crippen LogP contribution < -0.4 is 10.4 Å². The third kappa shape index (κ3) is 4.77. The second kappa shape index (κ2) is 9.57. The predicted octanol–water partition coefficient (Wildman–Crippen LogP) is 6.66. The fourth-order valence-corrected chi connectivity index (χ4v) is 5.54. The van der Waals surface area contributed by atoms with Crippen molar-refractivity contribution < 1.29 is 8.81 Å². The summed E-state index contributed by atoms with van der Waals surface area (Å²) in [5, 5.41) is 11.5. The van der Waals surface area contributed by atoms with Crippen LogP contribution in [0.5, 0.6) is 0 Å². The Bertz CT molecular complexity index is 1450. The lowest BCUT2D eigenvalue weighted by Gasteiger charge is -2.24. The minimum atomic E-state index is -0.367. The van der Waals surface area contributed by atoms with E-state index in [0.717, 1.165) is 51.6 Å². The van der Waals surface area contributed by atoms with E-state index >= 15 is 0 Å². The fraction of sp³-hybridized carbons (Fsp3) is 0.240. The molecule has 4 aromatic rings. The Balaban J connectivity index is 1.61. The lowest BCUT2D eigenvalue weighted by atomic mass is 9.95. The maximum absolute atomic E-state index is 13.1. The molecule has 0 saturated heterocycles. The van der Waals surface area contributed by atoms with Crippen LogP contribution in [-0.2, 0) is 0 Å². The molecule has 0 N–H and O–H groups in total. The van der Waals surface area contributed by atoms with Crippen molar-refractivity contribution in [3.63, 3.8) is 0 Å². The molecule has 0 atom stereocenters. The highest BCUT2D eigenvalue weighted by molar-refractivity contribution is 9.10. The molecular weight excluding hydrogens is 505 g/mol. The maximum atomic E-state index is 13.1. The Morgan fingerprint density at radius 2 is 1.88 bits per heavy atom. The average Bonchev–Trinajstić information content (AvgIpc) is 3.24. The number of fused-ring (bicyclic) bond motifs is 1. The van der Waals surface area contributed by atoms with E-state index in [1.165, 1.54) is 29.9 Å². The number of benzene rings is 2. The summed E-state index contributed by atoms with van der Waals surface area (Å²) in [6, 6.07) is 13.8. The second-order valence-corrected chi connectivity index (χ2v) is 9.84. The largest absolute Gasteiger partial charge is 0.422 e. The van der Waals surface area contributed by atoms with Crippen molar-refractivity contribution in [2.45, 2.75) is 38.1 Å². The molecule has 5 nitrogen and oxygen atoms in total. The summed E-state index contributed by atoms with van der Waals surface area (Å²) in [6.45, 7) is 0. The monoisotopic (exact) mass is 525 g/mol. The fourth-order valence-electron chi connectivity index (χ4n) is 4.25. The first kappa shape index (κ1) is 22.0. The first-order valence-electron chi connectivity index (χ1n) is 10.8. The van der Waals surface area contributed by atoms with Crippen LogP contribution in [0.1, 0.15) is 43.7 Å². The van der Waals surface area contributed by atoms with E-state index in [1.807, 2.05) is 23.6 Å². The summed E-state index contributed by atoms with van der Waals surface area (Å²) < 4.78 is 21.8. The minimum Gasteiger partial charge on any atom is -0.422 e. The molecule has 1 aliphatic rings. The molecule has 1 fully saturated rings. The molecular formula is C25H21BrFN3O2S. The van der Waals surface area contributed by atoms with Gasteiger partial charge in [-0.25, -0.2) is 9.18 Å². The molecule has 0 bridgehead atoms. The SMILES string of the molecule is O=c1oc2ccc(Br)cc2cc1-c1cs/c(=N\N=C\c2ccc(F)cc2)n1C1CCCCC1. The van der Waals surface area contributed by atoms with Crippen molar-refractivity contribution >= 4 is 44.5 Å². The summed E-state index contributed by atoms with van der Waals surface area (Å²) in [5.41, 5.74) is 2.28. The highest BCUT2D eigenvalue weighted by atomic mass is 79.9. The van der Waals surface area contributed by atoms with Crippen LogP contribution in [0.2, 0.25) is 0 Å². The lowest BCUT2D eigenvalue weighted by Crippen LogP contribution is -2.24. The molecule has 0 spiro atoms. The summed E-state index contributed by atoms with van der Waals surface area (Å²) in [6.07, 6.45) is 7.17.